The average molecular weight is 393 g/mol. The highest BCUT2D eigenvalue weighted by atomic mass is 16.1. The molecule has 1 aromatic heterocycles. The fraction of sp³-hybridized carbons (Fsp3) is 0.269. The van der Waals surface area contributed by atoms with Gasteiger partial charge in [-0.2, -0.15) is 10.4 Å². The van der Waals surface area contributed by atoms with Gasteiger partial charge in [-0.05, 0) is 24.3 Å². The number of carbonyl (C=O) groups excluding carboxylic acids is 1. The van der Waals surface area contributed by atoms with Crippen LogP contribution >= 0.6 is 0 Å². The molecule has 5 rings (SSSR count). The molecule has 2 aliphatic carbocycles. The zero-order valence-electron chi connectivity index (χ0n) is 17.2. The fourth-order valence-corrected chi connectivity index (χ4v) is 5.51. The van der Waals surface area contributed by atoms with E-state index in [0.29, 0.717) is 0 Å². The molecule has 0 radical (unpaired) electrons. The van der Waals surface area contributed by atoms with Crippen LogP contribution in [0.25, 0.3) is 11.3 Å². The average Bonchev–Trinajstić information content (AvgIpc) is 3.12. The number of hydrogen-bond donors (Lipinski definition) is 0. The SMILES string of the molecule is Cn1nc2c(c1-c1ccccc1)CCC1[C@H](c3ccccc3)C(=O)C(C#N)=C[C@]21C. The Morgan fingerprint density at radius 1 is 1.10 bits per heavy atom. The standard InChI is InChI=1S/C26H23N3O/c1-26-15-19(16-27)24(30)22(17-9-5-3-6-10-17)21(26)14-13-20-23(29(2)28-25(20)26)18-11-7-4-8-12-18/h3-12,15,21-22H,13-14H2,1-2H3/t21?,22-,26-/m0/s1. The van der Waals surface area contributed by atoms with Crippen molar-refractivity contribution in [1.82, 2.24) is 9.78 Å². The van der Waals surface area contributed by atoms with Gasteiger partial charge >= 0.3 is 0 Å². The van der Waals surface area contributed by atoms with Gasteiger partial charge < -0.3 is 0 Å². The van der Waals surface area contributed by atoms with Crippen molar-refractivity contribution in [2.45, 2.75) is 31.1 Å². The molecule has 0 saturated heterocycles. The number of Topliss-reactive ketones (excluding diaryl/α,β-unsaturated/α-hetero) is 1. The number of aryl methyl sites for hydroxylation is 1. The maximum Gasteiger partial charge on any atom is 0.180 e. The highest BCUT2D eigenvalue weighted by Crippen LogP contribution is 2.53. The molecule has 4 nitrogen and oxygen atoms in total. The second kappa shape index (κ2) is 6.81. The number of rotatable bonds is 2. The van der Waals surface area contributed by atoms with Crippen LogP contribution in [0.1, 0.15) is 36.1 Å². The molecular weight excluding hydrogens is 370 g/mol. The van der Waals surface area contributed by atoms with Crippen molar-refractivity contribution in [1.29, 1.82) is 5.26 Å². The summed E-state index contributed by atoms with van der Waals surface area (Å²) in [5.74, 6) is -0.296. The number of fused-ring (bicyclic) bond motifs is 3. The Morgan fingerprint density at radius 3 is 2.43 bits per heavy atom. The number of hydrogen-bond acceptors (Lipinski definition) is 3. The van der Waals surface area contributed by atoms with E-state index in [1.54, 1.807) is 0 Å². The quantitative estimate of drug-likeness (QED) is 0.633. The van der Waals surface area contributed by atoms with Gasteiger partial charge in [0.25, 0.3) is 0 Å². The van der Waals surface area contributed by atoms with E-state index in [0.717, 1.165) is 35.4 Å². The second-order valence-electron chi connectivity index (χ2n) is 8.52. The van der Waals surface area contributed by atoms with Gasteiger partial charge in [0.15, 0.2) is 5.78 Å². The monoisotopic (exact) mass is 393 g/mol. The van der Waals surface area contributed by atoms with Gasteiger partial charge in [0.1, 0.15) is 6.07 Å². The second-order valence-corrected chi connectivity index (χ2v) is 8.52. The summed E-state index contributed by atoms with van der Waals surface area (Å²) in [5.41, 5.74) is 5.29. The molecule has 148 valence electrons. The molecular formula is C26H23N3O. The number of aromatic nitrogens is 2. The number of nitrogens with zero attached hydrogens (tertiary/aromatic N) is 3. The molecule has 2 aliphatic rings. The fourth-order valence-electron chi connectivity index (χ4n) is 5.51. The molecule has 0 aliphatic heterocycles. The van der Waals surface area contributed by atoms with E-state index in [1.807, 2.05) is 66.3 Å². The third-order valence-corrected chi connectivity index (χ3v) is 6.85. The van der Waals surface area contributed by atoms with Gasteiger partial charge in [0.05, 0.1) is 22.9 Å². The molecule has 4 heteroatoms. The topological polar surface area (TPSA) is 58.7 Å². The Labute approximate surface area is 176 Å². The summed E-state index contributed by atoms with van der Waals surface area (Å²) in [6, 6.07) is 22.4. The van der Waals surface area contributed by atoms with Crippen molar-refractivity contribution in [2.24, 2.45) is 13.0 Å². The van der Waals surface area contributed by atoms with Gasteiger partial charge in [0.2, 0.25) is 0 Å². The molecule has 0 amide bonds. The van der Waals surface area contributed by atoms with Crippen molar-refractivity contribution < 1.29 is 4.79 Å². The zero-order valence-corrected chi connectivity index (χ0v) is 17.2. The molecule has 1 unspecified atom stereocenters. The molecule has 2 aromatic carbocycles. The molecule has 1 heterocycles. The number of carbonyl (C=O) groups is 1. The third-order valence-electron chi connectivity index (χ3n) is 6.85. The predicted molar refractivity (Wildman–Crippen MR) is 116 cm³/mol. The van der Waals surface area contributed by atoms with E-state index < -0.39 is 5.41 Å². The molecule has 0 fully saturated rings. The van der Waals surface area contributed by atoms with Gasteiger partial charge in [0, 0.05) is 23.6 Å². The van der Waals surface area contributed by atoms with Gasteiger partial charge in [-0.15, -0.1) is 0 Å². The molecule has 0 N–H and O–H groups in total. The minimum Gasteiger partial charge on any atom is -0.293 e. The highest BCUT2D eigenvalue weighted by molar-refractivity contribution is 6.05. The van der Waals surface area contributed by atoms with Crippen LogP contribution in [0.5, 0.6) is 0 Å². The van der Waals surface area contributed by atoms with E-state index in [-0.39, 0.29) is 23.2 Å². The lowest BCUT2D eigenvalue weighted by Crippen LogP contribution is -2.45. The molecule has 0 saturated carbocycles. The number of allylic oxidation sites excluding steroid dienone is 2. The lowest BCUT2D eigenvalue weighted by molar-refractivity contribution is -0.119. The molecule has 0 bridgehead atoms. The number of nitriles is 1. The summed E-state index contributed by atoms with van der Waals surface area (Å²) in [5, 5.41) is 14.7. The number of ketones is 1. The molecule has 0 spiro atoms. The van der Waals surface area contributed by atoms with Crippen molar-refractivity contribution in [3.63, 3.8) is 0 Å². The minimum absolute atomic E-state index is 0.0613. The van der Waals surface area contributed by atoms with Crippen LogP contribution in [0.2, 0.25) is 0 Å². The maximum atomic E-state index is 13.2. The summed E-state index contributed by atoms with van der Waals surface area (Å²) in [6.45, 7) is 2.15. The lowest BCUT2D eigenvalue weighted by Gasteiger charge is -2.45. The van der Waals surface area contributed by atoms with Crippen LogP contribution in [0.3, 0.4) is 0 Å². The summed E-state index contributed by atoms with van der Waals surface area (Å²) in [6.07, 6.45) is 3.65. The molecule has 3 aromatic rings. The molecule has 30 heavy (non-hydrogen) atoms. The van der Waals surface area contributed by atoms with E-state index in [1.165, 1.54) is 5.56 Å². The molecule has 3 atom stereocenters. The van der Waals surface area contributed by atoms with E-state index in [4.69, 9.17) is 5.10 Å². The van der Waals surface area contributed by atoms with Crippen molar-refractivity contribution in [3.05, 3.63) is 89.1 Å². The van der Waals surface area contributed by atoms with Crippen molar-refractivity contribution >= 4 is 5.78 Å². The van der Waals surface area contributed by atoms with Crippen LogP contribution in [-0.4, -0.2) is 15.6 Å². The lowest BCUT2D eigenvalue weighted by atomic mass is 9.56. The Balaban J connectivity index is 1.72. The minimum atomic E-state index is -0.460. The van der Waals surface area contributed by atoms with Gasteiger partial charge in [-0.1, -0.05) is 73.7 Å². The van der Waals surface area contributed by atoms with Crippen molar-refractivity contribution in [3.8, 4) is 17.3 Å². The van der Waals surface area contributed by atoms with Crippen LogP contribution in [0.4, 0.5) is 0 Å². The summed E-state index contributed by atoms with van der Waals surface area (Å²) in [7, 11) is 1.98. The largest absolute Gasteiger partial charge is 0.293 e. The summed E-state index contributed by atoms with van der Waals surface area (Å²) < 4.78 is 1.96. The Bertz CT molecular complexity index is 1200. The van der Waals surface area contributed by atoms with Gasteiger partial charge in [-0.25, -0.2) is 0 Å². The first kappa shape index (κ1) is 18.6. The van der Waals surface area contributed by atoms with E-state index in [9.17, 15) is 10.1 Å². The first-order chi connectivity index (χ1) is 14.5. The summed E-state index contributed by atoms with van der Waals surface area (Å²) >= 11 is 0. The first-order valence-electron chi connectivity index (χ1n) is 10.4. The first-order valence-corrected chi connectivity index (χ1v) is 10.4. The van der Waals surface area contributed by atoms with Crippen molar-refractivity contribution in [2.75, 3.05) is 0 Å². The zero-order chi connectivity index (χ0) is 20.9. The van der Waals surface area contributed by atoms with Crippen LogP contribution in [-0.2, 0) is 23.7 Å². The Kier molecular flexibility index (Phi) is 4.22. The van der Waals surface area contributed by atoms with Gasteiger partial charge in [-0.3, -0.25) is 9.48 Å². The highest BCUT2D eigenvalue weighted by Gasteiger charge is 2.52. The predicted octanol–water partition coefficient (Wildman–Crippen LogP) is 4.72. The Hall–Kier alpha value is -3.45. The smallest absolute Gasteiger partial charge is 0.180 e. The van der Waals surface area contributed by atoms with E-state index in [2.05, 4.69) is 25.1 Å². The van der Waals surface area contributed by atoms with Crippen LogP contribution < -0.4 is 0 Å². The van der Waals surface area contributed by atoms with Crippen LogP contribution in [0.15, 0.2) is 72.3 Å². The Morgan fingerprint density at radius 2 is 1.77 bits per heavy atom. The van der Waals surface area contributed by atoms with Crippen LogP contribution in [0, 0.1) is 17.2 Å². The van der Waals surface area contributed by atoms with E-state index >= 15 is 0 Å². The number of benzene rings is 2. The normalized spacial score (nSPS) is 25.1. The summed E-state index contributed by atoms with van der Waals surface area (Å²) in [4.78, 5) is 13.2. The maximum absolute atomic E-state index is 13.2. The third kappa shape index (κ3) is 2.59.